The van der Waals surface area contributed by atoms with E-state index in [1.54, 1.807) is 6.07 Å². The third-order valence-electron chi connectivity index (χ3n) is 3.24. The Morgan fingerprint density at radius 2 is 1.71 bits per heavy atom. The summed E-state index contributed by atoms with van der Waals surface area (Å²) in [5.74, 6) is -0.252. The minimum Gasteiger partial charge on any atom is -0.380 e. The lowest BCUT2D eigenvalue weighted by Crippen LogP contribution is -2.33. The lowest BCUT2D eigenvalue weighted by molar-refractivity contribution is 0.141. The van der Waals surface area contributed by atoms with Gasteiger partial charge in [-0.3, -0.25) is 0 Å². The molecule has 4 nitrogen and oxygen atoms in total. The lowest BCUT2D eigenvalue weighted by atomic mass is 10.1. The molecule has 0 bridgehead atoms. The highest BCUT2D eigenvalue weighted by Gasteiger charge is 2.18. The number of ether oxygens (including phenoxy) is 2. The topological polar surface area (TPSA) is 47.7 Å². The maximum Gasteiger partial charge on any atom is 0.146 e. The van der Waals surface area contributed by atoms with E-state index < -0.39 is 0 Å². The molecule has 0 aliphatic carbocycles. The van der Waals surface area contributed by atoms with Gasteiger partial charge in [0.25, 0.3) is 0 Å². The molecule has 0 aliphatic heterocycles. The van der Waals surface area contributed by atoms with Crippen molar-refractivity contribution in [3.63, 3.8) is 0 Å². The third-order valence-corrected chi connectivity index (χ3v) is 3.24. The zero-order chi connectivity index (χ0) is 15.7. The quantitative estimate of drug-likeness (QED) is 0.675. The SMILES string of the molecule is CCOCCN(CCOCC)c1c(F)cccc1[C@@H](C)N. The molecule has 1 rings (SSSR count). The highest BCUT2D eigenvalue weighted by molar-refractivity contribution is 5.56. The Kier molecular flexibility index (Phi) is 8.27. The second-order valence-electron chi connectivity index (χ2n) is 4.85. The molecule has 1 aromatic carbocycles. The van der Waals surface area contributed by atoms with Crippen molar-refractivity contribution < 1.29 is 13.9 Å². The predicted octanol–water partition coefficient (Wildman–Crippen LogP) is 2.72. The second kappa shape index (κ2) is 9.71. The Labute approximate surface area is 127 Å². The Balaban J connectivity index is 2.94. The van der Waals surface area contributed by atoms with Crippen molar-refractivity contribution in [3.05, 3.63) is 29.6 Å². The summed E-state index contributed by atoms with van der Waals surface area (Å²) in [6.45, 7) is 9.38. The Bertz CT molecular complexity index is 403. The van der Waals surface area contributed by atoms with Crippen LogP contribution in [0.5, 0.6) is 0 Å². The number of para-hydroxylation sites is 1. The number of anilines is 1. The van der Waals surface area contributed by atoms with Crippen molar-refractivity contribution in [1.29, 1.82) is 0 Å². The van der Waals surface area contributed by atoms with Crippen LogP contribution in [0.15, 0.2) is 18.2 Å². The molecule has 0 aromatic heterocycles. The molecule has 2 N–H and O–H groups in total. The normalized spacial score (nSPS) is 12.4. The van der Waals surface area contributed by atoms with Crippen molar-refractivity contribution >= 4 is 5.69 Å². The molecule has 0 spiro atoms. The van der Waals surface area contributed by atoms with Crippen molar-refractivity contribution in [2.24, 2.45) is 5.73 Å². The summed E-state index contributed by atoms with van der Waals surface area (Å²) in [7, 11) is 0. The molecular formula is C16H27FN2O2. The van der Waals surface area contributed by atoms with Gasteiger partial charge in [-0.1, -0.05) is 12.1 Å². The second-order valence-corrected chi connectivity index (χ2v) is 4.85. The van der Waals surface area contributed by atoms with E-state index >= 15 is 0 Å². The molecule has 120 valence electrons. The van der Waals surface area contributed by atoms with Gasteiger partial charge in [-0.15, -0.1) is 0 Å². The Morgan fingerprint density at radius 3 is 2.19 bits per heavy atom. The van der Waals surface area contributed by atoms with Crippen molar-refractivity contribution in [1.82, 2.24) is 0 Å². The third kappa shape index (κ3) is 5.61. The molecule has 0 amide bonds. The number of rotatable bonds is 10. The predicted molar refractivity (Wildman–Crippen MR) is 84.2 cm³/mol. The first-order chi connectivity index (χ1) is 10.1. The molecule has 0 saturated carbocycles. The van der Waals surface area contributed by atoms with E-state index in [0.717, 1.165) is 5.56 Å². The largest absolute Gasteiger partial charge is 0.380 e. The molecule has 0 heterocycles. The fraction of sp³-hybridized carbons (Fsp3) is 0.625. The van der Waals surface area contributed by atoms with E-state index in [1.165, 1.54) is 6.07 Å². The summed E-state index contributed by atoms with van der Waals surface area (Å²) in [4.78, 5) is 1.96. The van der Waals surface area contributed by atoms with Gasteiger partial charge in [0.05, 0.1) is 18.9 Å². The Morgan fingerprint density at radius 1 is 1.14 bits per heavy atom. The van der Waals surface area contributed by atoms with Gasteiger partial charge < -0.3 is 20.1 Å². The molecule has 0 aliphatic rings. The van der Waals surface area contributed by atoms with Crippen LogP contribution in [0.3, 0.4) is 0 Å². The van der Waals surface area contributed by atoms with Crippen LogP contribution in [0.1, 0.15) is 32.4 Å². The maximum absolute atomic E-state index is 14.3. The van der Waals surface area contributed by atoms with Crippen molar-refractivity contribution in [2.75, 3.05) is 44.4 Å². The Hall–Kier alpha value is -1.17. The minimum absolute atomic E-state index is 0.225. The van der Waals surface area contributed by atoms with Gasteiger partial charge in [0.2, 0.25) is 0 Å². The van der Waals surface area contributed by atoms with E-state index in [0.29, 0.717) is 45.2 Å². The monoisotopic (exact) mass is 298 g/mol. The van der Waals surface area contributed by atoms with Gasteiger partial charge in [0.15, 0.2) is 0 Å². The summed E-state index contributed by atoms with van der Waals surface area (Å²) >= 11 is 0. The molecule has 0 radical (unpaired) electrons. The lowest BCUT2D eigenvalue weighted by Gasteiger charge is -2.28. The summed E-state index contributed by atoms with van der Waals surface area (Å²) < 4.78 is 25.1. The summed E-state index contributed by atoms with van der Waals surface area (Å²) in [6, 6.07) is 4.81. The molecular weight excluding hydrogens is 271 g/mol. The van der Waals surface area contributed by atoms with Gasteiger partial charge in [0, 0.05) is 32.3 Å². The van der Waals surface area contributed by atoms with Crippen LogP contribution in [0.2, 0.25) is 0 Å². The number of nitrogens with two attached hydrogens (primary N) is 1. The van der Waals surface area contributed by atoms with Crippen LogP contribution in [0, 0.1) is 5.82 Å². The van der Waals surface area contributed by atoms with Gasteiger partial charge >= 0.3 is 0 Å². The number of nitrogens with zero attached hydrogens (tertiary/aromatic N) is 1. The van der Waals surface area contributed by atoms with E-state index in [-0.39, 0.29) is 11.9 Å². The standard InChI is InChI=1S/C16H27FN2O2/c1-4-20-11-9-19(10-12-21-5-2)16-14(13(3)18)7-6-8-15(16)17/h6-8,13H,4-5,9-12,18H2,1-3H3/t13-/m1/s1. The summed E-state index contributed by atoms with van der Waals surface area (Å²) in [5, 5.41) is 0. The maximum atomic E-state index is 14.3. The number of halogens is 1. The first kappa shape index (κ1) is 17.9. The fourth-order valence-electron chi connectivity index (χ4n) is 2.21. The van der Waals surface area contributed by atoms with Crippen LogP contribution >= 0.6 is 0 Å². The first-order valence-electron chi connectivity index (χ1n) is 7.56. The minimum atomic E-state index is -0.252. The van der Waals surface area contributed by atoms with Crippen LogP contribution < -0.4 is 10.6 Å². The zero-order valence-corrected chi connectivity index (χ0v) is 13.3. The number of hydrogen-bond acceptors (Lipinski definition) is 4. The highest BCUT2D eigenvalue weighted by atomic mass is 19.1. The summed E-state index contributed by atoms with van der Waals surface area (Å²) in [5.41, 5.74) is 7.35. The van der Waals surface area contributed by atoms with E-state index in [1.807, 2.05) is 31.7 Å². The van der Waals surface area contributed by atoms with Gasteiger partial charge in [-0.05, 0) is 32.4 Å². The van der Waals surface area contributed by atoms with Gasteiger partial charge in [0.1, 0.15) is 5.82 Å². The van der Waals surface area contributed by atoms with E-state index in [2.05, 4.69) is 0 Å². The molecule has 1 atom stereocenters. The van der Waals surface area contributed by atoms with Crippen LogP contribution in [0.25, 0.3) is 0 Å². The van der Waals surface area contributed by atoms with Crippen LogP contribution in [-0.4, -0.2) is 39.5 Å². The molecule has 21 heavy (non-hydrogen) atoms. The van der Waals surface area contributed by atoms with Crippen molar-refractivity contribution in [2.45, 2.75) is 26.8 Å². The number of hydrogen-bond donors (Lipinski definition) is 1. The van der Waals surface area contributed by atoms with Gasteiger partial charge in [-0.2, -0.15) is 0 Å². The molecule has 0 unspecified atom stereocenters. The first-order valence-corrected chi connectivity index (χ1v) is 7.56. The molecule has 5 heteroatoms. The average Bonchev–Trinajstić information content (AvgIpc) is 2.46. The van der Waals surface area contributed by atoms with Gasteiger partial charge in [-0.25, -0.2) is 4.39 Å². The fourth-order valence-corrected chi connectivity index (χ4v) is 2.21. The van der Waals surface area contributed by atoms with Crippen molar-refractivity contribution in [3.8, 4) is 0 Å². The molecule has 0 saturated heterocycles. The molecule has 1 aromatic rings. The van der Waals surface area contributed by atoms with E-state index in [9.17, 15) is 4.39 Å². The zero-order valence-electron chi connectivity index (χ0n) is 13.3. The van der Waals surface area contributed by atoms with E-state index in [4.69, 9.17) is 15.2 Å². The highest BCUT2D eigenvalue weighted by Crippen LogP contribution is 2.28. The average molecular weight is 298 g/mol. The summed E-state index contributed by atoms with van der Waals surface area (Å²) in [6.07, 6.45) is 0. The smallest absolute Gasteiger partial charge is 0.146 e. The van der Waals surface area contributed by atoms with Crippen LogP contribution in [0.4, 0.5) is 10.1 Å². The number of benzene rings is 1. The molecule has 0 fully saturated rings. The van der Waals surface area contributed by atoms with Crippen LogP contribution in [-0.2, 0) is 9.47 Å².